The number of rotatable bonds is 2. The van der Waals surface area contributed by atoms with Crippen molar-refractivity contribution < 1.29 is 13.7 Å². The number of fused-ring (bicyclic) bond motifs is 2. The number of hydrogen-bond acceptors (Lipinski definition) is 3. The molecular formula is C16H12O3S. The number of benzene rings is 2. The van der Waals surface area contributed by atoms with Crippen LogP contribution in [0.5, 0.6) is 0 Å². The van der Waals surface area contributed by atoms with Gasteiger partial charge in [0.2, 0.25) is 0 Å². The highest BCUT2D eigenvalue weighted by Gasteiger charge is 2.26. The van der Waals surface area contributed by atoms with Gasteiger partial charge in [-0.3, -0.25) is 0 Å². The Kier molecular flexibility index (Phi) is 3.24. The van der Waals surface area contributed by atoms with Gasteiger partial charge in [0.15, 0.2) is 0 Å². The van der Waals surface area contributed by atoms with Crippen LogP contribution in [0.4, 0.5) is 0 Å². The van der Waals surface area contributed by atoms with Gasteiger partial charge in [0.1, 0.15) is 0 Å². The van der Waals surface area contributed by atoms with Gasteiger partial charge in [-0.25, -0.2) is 9.00 Å². The molecule has 0 N–H and O–H groups in total. The molecule has 1 atom stereocenters. The summed E-state index contributed by atoms with van der Waals surface area (Å²) in [4.78, 5) is 13.4. The van der Waals surface area contributed by atoms with Crippen molar-refractivity contribution in [1.29, 1.82) is 0 Å². The molecule has 0 spiro atoms. The van der Waals surface area contributed by atoms with Gasteiger partial charge in [0.25, 0.3) is 0 Å². The molecule has 0 saturated heterocycles. The third kappa shape index (κ3) is 1.98. The Balaban J connectivity index is 2.15. The van der Waals surface area contributed by atoms with Crippen molar-refractivity contribution in [2.24, 2.45) is 0 Å². The van der Waals surface area contributed by atoms with E-state index in [1.54, 1.807) is 18.2 Å². The van der Waals surface area contributed by atoms with E-state index in [1.807, 2.05) is 24.3 Å². The summed E-state index contributed by atoms with van der Waals surface area (Å²) in [5.74, 6) is -0.465. The molecule has 2 aromatic carbocycles. The van der Waals surface area contributed by atoms with E-state index in [2.05, 4.69) is 6.58 Å². The Bertz CT molecular complexity index is 734. The Morgan fingerprint density at radius 1 is 1.15 bits per heavy atom. The molecule has 0 bridgehead atoms. The Morgan fingerprint density at radius 2 is 1.90 bits per heavy atom. The van der Waals surface area contributed by atoms with E-state index in [-0.39, 0.29) is 0 Å². The smallest absolute Gasteiger partial charge is 0.343 e. The van der Waals surface area contributed by atoms with Gasteiger partial charge in [-0.2, -0.15) is 0 Å². The average Bonchev–Trinajstić information content (AvgIpc) is 2.47. The van der Waals surface area contributed by atoms with Crippen LogP contribution in [0.15, 0.2) is 65.1 Å². The van der Waals surface area contributed by atoms with Crippen LogP contribution in [0.25, 0.3) is 0 Å². The Labute approximate surface area is 119 Å². The van der Waals surface area contributed by atoms with Crippen LogP contribution in [-0.4, -0.2) is 10.2 Å². The number of esters is 1. The average molecular weight is 284 g/mol. The molecule has 0 aliphatic carbocycles. The Hall–Kier alpha value is -2.20. The van der Waals surface area contributed by atoms with Gasteiger partial charge in [-0.15, -0.1) is 0 Å². The van der Waals surface area contributed by atoms with Crippen molar-refractivity contribution in [3.8, 4) is 0 Å². The fourth-order valence-electron chi connectivity index (χ4n) is 2.39. The van der Waals surface area contributed by atoms with E-state index in [1.165, 1.54) is 0 Å². The molecule has 0 aromatic heterocycles. The fourth-order valence-corrected chi connectivity index (χ4v) is 3.82. The second-order valence-electron chi connectivity index (χ2n) is 4.41. The molecular weight excluding hydrogens is 272 g/mol. The first-order valence-electron chi connectivity index (χ1n) is 6.16. The van der Waals surface area contributed by atoms with Crippen LogP contribution in [0.1, 0.15) is 21.5 Å². The molecule has 0 radical (unpaired) electrons. The third-order valence-corrected chi connectivity index (χ3v) is 4.86. The molecule has 0 amide bonds. The van der Waals surface area contributed by atoms with E-state index in [0.717, 1.165) is 22.3 Å². The molecule has 1 heterocycles. The lowest BCUT2D eigenvalue weighted by molar-refractivity contribution is 0.0663. The van der Waals surface area contributed by atoms with Crippen molar-refractivity contribution in [3.63, 3.8) is 0 Å². The van der Waals surface area contributed by atoms with Crippen molar-refractivity contribution >= 4 is 16.8 Å². The number of ether oxygens (including phenoxy) is 1. The van der Waals surface area contributed by atoms with Crippen molar-refractivity contribution in [1.82, 2.24) is 0 Å². The van der Waals surface area contributed by atoms with E-state index < -0.39 is 16.8 Å². The predicted molar refractivity (Wildman–Crippen MR) is 76.0 cm³/mol. The standard InChI is InChI=1S/C16H12O3S/c1-2-19-16(17)12-7-5-9-15-13(12)10-11-6-3-4-8-14(11)20(15)18/h2-9H,1,10H2. The number of hydrogen-bond donors (Lipinski definition) is 0. The maximum Gasteiger partial charge on any atom is 0.343 e. The quantitative estimate of drug-likeness (QED) is 0.536. The van der Waals surface area contributed by atoms with Gasteiger partial charge in [-0.05, 0) is 29.3 Å². The SMILES string of the molecule is C=COC(=O)c1cccc2c1Cc1ccccc1S2=O. The summed E-state index contributed by atoms with van der Waals surface area (Å²) in [5, 5.41) is 0. The molecule has 2 aromatic rings. The van der Waals surface area contributed by atoms with Gasteiger partial charge in [0, 0.05) is 16.2 Å². The van der Waals surface area contributed by atoms with Crippen LogP contribution >= 0.6 is 0 Å². The summed E-state index contributed by atoms with van der Waals surface area (Å²) in [5.41, 5.74) is 2.21. The predicted octanol–water partition coefficient (Wildman–Crippen LogP) is 3.06. The van der Waals surface area contributed by atoms with Crippen LogP contribution in [0.2, 0.25) is 0 Å². The highest BCUT2D eigenvalue weighted by molar-refractivity contribution is 7.85. The van der Waals surface area contributed by atoms with Crippen LogP contribution in [-0.2, 0) is 22.0 Å². The van der Waals surface area contributed by atoms with Crippen molar-refractivity contribution in [2.45, 2.75) is 16.2 Å². The minimum Gasteiger partial charge on any atom is -0.432 e. The second-order valence-corrected chi connectivity index (χ2v) is 5.82. The second kappa shape index (κ2) is 5.06. The molecule has 1 aliphatic rings. The molecule has 0 fully saturated rings. The van der Waals surface area contributed by atoms with Crippen LogP contribution in [0.3, 0.4) is 0 Å². The number of carbonyl (C=O) groups is 1. The van der Waals surface area contributed by atoms with E-state index in [9.17, 15) is 9.00 Å². The van der Waals surface area contributed by atoms with Gasteiger partial charge in [-0.1, -0.05) is 30.8 Å². The van der Waals surface area contributed by atoms with Crippen molar-refractivity contribution in [3.05, 3.63) is 72.0 Å². The lowest BCUT2D eigenvalue weighted by Crippen LogP contribution is -2.14. The molecule has 3 nitrogen and oxygen atoms in total. The first-order valence-corrected chi connectivity index (χ1v) is 7.31. The largest absolute Gasteiger partial charge is 0.432 e. The van der Waals surface area contributed by atoms with Crippen molar-refractivity contribution in [2.75, 3.05) is 0 Å². The first-order chi connectivity index (χ1) is 9.72. The summed E-state index contributed by atoms with van der Waals surface area (Å²) >= 11 is 0. The zero-order valence-electron chi connectivity index (χ0n) is 10.7. The summed E-state index contributed by atoms with van der Waals surface area (Å²) in [6.07, 6.45) is 1.69. The molecule has 1 unspecified atom stereocenters. The lowest BCUT2D eigenvalue weighted by atomic mass is 9.99. The highest BCUT2D eigenvalue weighted by atomic mass is 32.2. The van der Waals surface area contributed by atoms with Gasteiger partial charge in [0.05, 0.1) is 22.6 Å². The summed E-state index contributed by atoms with van der Waals surface area (Å²) < 4.78 is 17.4. The normalized spacial score (nSPS) is 15.9. The van der Waals surface area contributed by atoms with E-state index in [4.69, 9.17) is 4.74 Å². The minimum absolute atomic E-state index is 0.449. The van der Waals surface area contributed by atoms with E-state index in [0.29, 0.717) is 16.9 Å². The van der Waals surface area contributed by atoms with Crippen LogP contribution < -0.4 is 0 Å². The lowest BCUT2D eigenvalue weighted by Gasteiger charge is -2.20. The summed E-state index contributed by atoms with van der Waals surface area (Å²) in [6, 6.07) is 12.8. The van der Waals surface area contributed by atoms with Gasteiger partial charge < -0.3 is 4.74 Å². The maximum absolute atomic E-state index is 12.6. The van der Waals surface area contributed by atoms with Crippen LogP contribution in [0, 0.1) is 0 Å². The van der Waals surface area contributed by atoms with E-state index >= 15 is 0 Å². The zero-order valence-corrected chi connectivity index (χ0v) is 11.5. The zero-order chi connectivity index (χ0) is 14.1. The molecule has 100 valence electrons. The Morgan fingerprint density at radius 3 is 2.70 bits per heavy atom. The molecule has 4 heteroatoms. The first kappa shape index (κ1) is 12.8. The summed E-state index contributed by atoms with van der Waals surface area (Å²) in [6.45, 7) is 3.39. The fraction of sp³-hybridized carbons (Fsp3) is 0.0625. The van der Waals surface area contributed by atoms with Gasteiger partial charge >= 0.3 is 5.97 Å². The molecule has 0 saturated carbocycles. The minimum atomic E-state index is -1.25. The monoisotopic (exact) mass is 284 g/mol. The highest BCUT2D eigenvalue weighted by Crippen LogP contribution is 2.33. The molecule has 1 aliphatic heterocycles. The topological polar surface area (TPSA) is 43.4 Å². The maximum atomic E-state index is 12.6. The molecule has 20 heavy (non-hydrogen) atoms. The number of carbonyl (C=O) groups excluding carboxylic acids is 1. The third-order valence-electron chi connectivity index (χ3n) is 3.28. The molecule has 3 rings (SSSR count). The summed E-state index contributed by atoms with van der Waals surface area (Å²) in [7, 11) is -1.25.